The average molecular weight is 506 g/mol. The van der Waals surface area contributed by atoms with Gasteiger partial charge in [-0.15, -0.1) is 16.7 Å². The molecule has 0 radical (unpaired) electrons. The summed E-state index contributed by atoms with van der Waals surface area (Å²) in [5.74, 6) is 0.0760. The number of rotatable bonds is 4. The SMILES string of the molecule is Cc1snnc1C1(c2cccc(N3Cc4c(cc(C(C)Cl)cc4C(F)(F)F)C3=O)c2)CC(C)C1. The van der Waals surface area contributed by atoms with Crippen LogP contribution in [-0.4, -0.2) is 15.5 Å². The second-order valence-electron chi connectivity index (χ2n) is 9.42. The molecule has 1 saturated carbocycles. The second-order valence-corrected chi connectivity index (χ2v) is 11.0. The van der Waals surface area contributed by atoms with Crippen LogP contribution in [0.4, 0.5) is 18.9 Å². The van der Waals surface area contributed by atoms with Crippen molar-refractivity contribution in [3.05, 3.63) is 74.8 Å². The van der Waals surface area contributed by atoms with Gasteiger partial charge in [-0.1, -0.05) is 23.5 Å². The highest BCUT2D eigenvalue weighted by atomic mass is 35.5. The highest BCUT2D eigenvalue weighted by Crippen LogP contribution is 2.53. The molecule has 1 aliphatic carbocycles. The first-order valence-corrected chi connectivity index (χ1v) is 12.3. The molecular weight excluding hydrogens is 483 g/mol. The van der Waals surface area contributed by atoms with E-state index in [1.807, 2.05) is 25.1 Å². The monoisotopic (exact) mass is 505 g/mol. The zero-order valence-corrected chi connectivity index (χ0v) is 20.5. The Hall–Kier alpha value is -2.45. The van der Waals surface area contributed by atoms with Crippen LogP contribution in [0.1, 0.15) is 75.2 Å². The van der Waals surface area contributed by atoms with Gasteiger partial charge in [0.05, 0.1) is 23.2 Å². The Balaban J connectivity index is 1.57. The van der Waals surface area contributed by atoms with Gasteiger partial charge >= 0.3 is 6.18 Å². The van der Waals surface area contributed by atoms with Crippen molar-refractivity contribution in [3.63, 3.8) is 0 Å². The van der Waals surface area contributed by atoms with Gasteiger partial charge in [-0.25, -0.2) is 0 Å². The fourth-order valence-corrected chi connectivity index (χ4v) is 6.15. The predicted molar refractivity (Wildman–Crippen MR) is 126 cm³/mol. The number of aryl methyl sites for hydroxylation is 1. The highest BCUT2D eigenvalue weighted by Gasteiger charge is 2.48. The van der Waals surface area contributed by atoms with Gasteiger partial charge in [0.1, 0.15) is 0 Å². The molecule has 0 saturated heterocycles. The van der Waals surface area contributed by atoms with Crippen LogP contribution in [0.25, 0.3) is 0 Å². The smallest absolute Gasteiger partial charge is 0.304 e. The summed E-state index contributed by atoms with van der Waals surface area (Å²) in [5, 5.41) is 3.76. The van der Waals surface area contributed by atoms with Gasteiger partial charge < -0.3 is 4.90 Å². The van der Waals surface area contributed by atoms with Crippen molar-refractivity contribution in [2.45, 2.75) is 57.1 Å². The zero-order chi connectivity index (χ0) is 24.4. The van der Waals surface area contributed by atoms with Gasteiger partial charge in [0.2, 0.25) is 0 Å². The fourth-order valence-electron chi connectivity index (χ4n) is 5.46. The summed E-state index contributed by atoms with van der Waals surface area (Å²) < 4.78 is 45.7. The molecule has 5 rings (SSSR count). The number of carbonyl (C=O) groups excluding carboxylic acids is 1. The van der Waals surface area contributed by atoms with Gasteiger partial charge in [-0.3, -0.25) is 4.79 Å². The van der Waals surface area contributed by atoms with Crippen molar-refractivity contribution in [1.29, 1.82) is 0 Å². The van der Waals surface area contributed by atoms with Gasteiger partial charge in [0.25, 0.3) is 5.91 Å². The molecule has 9 heteroatoms. The number of amides is 1. The number of benzene rings is 2. The van der Waals surface area contributed by atoms with Crippen molar-refractivity contribution in [3.8, 4) is 0 Å². The summed E-state index contributed by atoms with van der Waals surface area (Å²) in [4.78, 5) is 15.8. The Morgan fingerprint density at radius 2 is 1.97 bits per heavy atom. The van der Waals surface area contributed by atoms with E-state index in [4.69, 9.17) is 11.6 Å². The number of halogens is 4. The lowest BCUT2D eigenvalue weighted by molar-refractivity contribution is -0.138. The standard InChI is InChI=1S/C25H23ClF3N3OS/c1-13-10-24(11-13,22-15(3)34-31-30-22)17-5-4-6-18(9-17)32-12-20-19(23(32)33)7-16(14(2)26)8-21(20)25(27,28)29/h4-9,13-14H,10-12H2,1-3H3. The number of hydrogen-bond acceptors (Lipinski definition) is 4. The number of hydrogen-bond donors (Lipinski definition) is 0. The van der Waals surface area contributed by atoms with E-state index in [1.165, 1.54) is 22.5 Å². The lowest BCUT2D eigenvalue weighted by Crippen LogP contribution is -2.42. The first kappa shape index (κ1) is 23.3. The molecule has 1 aliphatic heterocycles. The van der Waals surface area contributed by atoms with Crippen molar-refractivity contribution in [1.82, 2.24) is 9.59 Å². The predicted octanol–water partition coefficient (Wildman–Crippen LogP) is 7.04. The molecule has 34 heavy (non-hydrogen) atoms. The van der Waals surface area contributed by atoms with Crippen molar-refractivity contribution >= 4 is 34.7 Å². The summed E-state index contributed by atoms with van der Waals surface area (Å²) in [6, 6.07) is 10.1. The number of carbonyl (C=O) groups is 1. The topological polar surface area (TPSA) is 46.1 Å². The number of fused-ring (bicyclic) bond motifs is 1. The Bertz CT molecular complexity index is 1280. The maximum atomic E-state index is 13.9. The molecule has 1 aromatic heterocycles. The molecule has 0 spiro atoms. The fraction of sp³-hybridized carbons (Fsp3) is 0.400. The third-order valence-corrected chi connectivity index (χ3v) is 7.92. The van der Waals surface area contributed by atoms with Crippen molar-refractivity contribution in [2.24, 2.45) is 5.92 Å². The molecule has 0 N–H and O–H groups in total. The molecule has 1 atom stereocenters. The maximum absolute atomic E-state index is 13.9. The number of aromatic nitrogens is 2. The van der Waals surface area contributed by atoms with Crippen LogP contribution in [0.15, 0.2) is 36.4 Å². The summed E-state index contributed by atoms with van der Waals surface area (Å²) in [6.45, 7) is 5.65. The second kappa shape index (κ2) is 8.05. The van der Waals surface area contributed by atoms with E-state index in [2.05, 4.69) is 16.5 Å². The van der Waals surface area contributed by atoms with Crippen LogP contribution in [0, 0.1) is 12.8 Å². The third-order valence-electron chi connectivity index (χ3n) is 7.04. The normalized spacial score (nSPS) is 23.1. The molecule has 1 fully saturated rings. The molecule has 2 aliphatic rings. The Labute approximate surface area is 204 Å². The summed E-state index contributed by atoms with van der Waals surface area (Å²) >= 11 is 7.45. The van der Waals surface area contributed by atoms with Crippen LogP contribution >= 0.6 is 23.1 Å². The largest absolute Gasteiger partial charge is 0.416 e. The number of anilines is 1. The molecule has 1 unspecified atom stereocenters. The van der Waals surface area contributed by atoms with E-state index in [0.29, 0.717) is 11.6 Å². The van der Waals surface area contributed by atoms with E-state index in [0.717, 1.165) is 35.0 Å². The molecule has 2 aromatic carbocycles. The minimum Gasteiger partial charge on any atom is -0.304 e. The van der Waals surface area contributed by atoms with Gasteiger partial charge in [-0.05, 0) is 85.1 Å². The molecule has 0 bridgehead atoms. The van der Waals surface area contributed by atoms with Crippen LogP contribution in [0.3, 0.4) is 0 Å². The molecule has 3 aromatic rings. The number of nitrogens with zero attached hydrogens (tertiary/aromatic N) is 3. The molecule has 4 nitrogen and oxygen atoms in total. The van der Waals surface area contributed by atoms with E-state index in [1.54, 1.807) is 13.0 Å². The maximum Gasteiger partial charge on any atom is 0.416 e. The van der Waals surface area contributed by atoms with E-state index >= 15 is 0 Å². The Morgan fingerprint density at radius 3 is 2.56 bits per heavy atom. The minimum atomic E-state index is -4.58. The lowest BCUT2D eigenvalue weighted by Gasteiger charge is -2.46. The van der Waals surface area contributed by atoms with Crippen molar-refractivity contribution < 1.29 is 18.0 Å². The Kier molecular flexibility index (Phi) is 5.52. The van der Waals surface area contributed by atoms with Gasteiger partial charge in [-0.2, -0.15) is 13.2 Å². The average Bonchev–Trinajstić information content (AvgIpc) is 3.33. The van der Waals surface area contributed by atoms with Crippen molar-refractivity contribution in [2.75, 3.05) is 4.90 Å². The van der Waals surface area contributed by atoms with E-state index in [-0.39, 0.29) is 28.7 Å². The van der Waals surface area contributed by atoms with Gasteiger partial charge in [0.15, 0.2) is 0 Å². The first-order chi connectivity index (χ1) is 16.0. The van der Waals surface area contributed by atoms with E-state index < -0.39 is 23.0 Å². The summed E-state index contributed by atoms with van der Waals surface area (Å²) in [5.41, 5.74) is 1.79. The quantitative estimate of drug-likeness (QED) is 0.357. The lowest BCUT2D eigenvalue weighted by atomic mass is 9.57. The molecule has 178 valence electrons. The van der Waals surface area contributed by atoms with Gasteiger partial charge in [0, 0.05) is 21.5 Å². The highest BCUT2D eigenvalue weighted by molar-refractivity contribution is 7.05. The van der Waals surface area contributed by atoms with Crippen LogP contribution in [-0.2, 0) is 18.1 Å². The summed E-state index contributed by atoms with van der Waals surface area (Å²) in [7, 11) is 0. The molecule has 1 amide bonds. The summed E-state index contributed by atoms with van der Waals surface area (Å²) in [6.07, 6.45) is -2.76. The zero-order valence-electron chi connectivity index (χ0n) is 18.9. The Morgan fingerprint density at radius 1 is 1.24 bits per heavy atom. The molecule has 2 heterocycles. The third kappa shape index (κ3) is 3.62. The van der Waals surface area contributed by atoms with E-state index in [9.17, 15) is 18.0 Å². The van der Waals surface area contributed by atoms with Crippen LogP contribution in [0.5, 0.6) is 0 Å². The van der Waals surface area contributed by atoms with Crippen LogP contribution < -0.4 is 4.90 Å². The first-order valence-electron chi connectivity index (χ1n) is 11.1. The molecular formula is C25H23ClF3N3OS. The number of alkyl halides is 4. The minimum absolute atomic E-state index is 0.00417. The van der Waals surface area contributed by atoms with Crippen LogP contribution in [0.2, 0.25) is 0 Å².